The first kappa shape index (κ1) is 18.3. The van der Waals surface area contributed by atoms with E-state index in [-0.39, 0.29) is 5.56 Å². The van der Waals surface area contributed by atoms with Crippen molar-refractivity contribution >= 4 is 27.5 Å². The molecule has 0 spiro atoms. The molecule has 1 amide bonds. The van der Waals surface area contributed by atoms with E-state index in [1.165, 1.54) is 23.5 Å². The third-order valence-corrected chi connectivity index (χ3v) is 4.80. The van der Waals surface area contributed by atoms with Crippen molar-refractivity contribution in [3.05, 3.63) is 64.5 Å². The number of para-hydroxylation sites is 1. The number of methoxy groups -OCH3 is 1. The van der Waals surface area contributed by atoms with Crippen LogP contribution in [0.4, 0.5) is 13.2 Å². The van der Waals surface area contributed by atoms with Crippen LogP contribution in [0.15, 0.2) is 53.5 Å². The fourth-order valence-electron chi connectivity index (χ4n) is 2.48. The van der Waals surface area contributed by atoms with Crippen LogP contribution < -0.4 is 4.80 Å². The summed E-state index contributed by atoms with van der Waals surface area (Å²) in [4.78, 5) is 16.9. The van der Waals surface area contributed by atoms with E-state index in [2.05, 4.69) is 4.99 Å². The van der Waals surface area contributed by atoms with Crippen LogP contribution in [0.1, 0.15) is 15.9 Å². The number of amides is 1. The lowest BCUT2D eigenvalue weighted by Gasteiger charge is -2.07. The summed E-state index contributed by atoms with van der Waals surface area (Å²) in [6.45, 7) is 0.904. The van der Waals surface area contributed by atoms with Crippen LogP contribution in [0.2, 0.25) is 0 Å². The van der Waals surface area contributed by atoms with Crippen molar-refractivity contribution in [1.82, 2.24) is 4.57 Å². The number of ether oxygens (including phenoxy) is 1. The van der Waals surface area contributed by atoms with E-state index in [1.54, 1.807) is 7.11 Å². The lowest BCUT2D eigenvalue weighted by atomic mass is 10.1. The molecule has 0 aliphatic carbocycles. The molecule has 8 heteroatoms. The summed E-state index contributed by atoms with van der Waals surface area (Å²) >= 11 is 1.30. The summed E-state index contributed by atoms with van der Waals surface area (Å²) < 4.78 is 46.4. The predicted molar refractivity (Wildman–Crippen MR) is 93.0 cm³/mol. The molecule has 0 fully saturated rings. The van der Waals surface area contributed by atoms with Crippen LogP contribution in [0.25, 0.3) is 10.2 Å². The SMILES string of the molecule is COCCn1c(=NC(=O)c2cccc(C(F)(F)F)c2)sc2ccccc21. The first-order valence-electron chi connectivity index (χ1n) is 7.74. The summed E-state index contributed by atoms with van der Waals surface area (Å²) in [5.41, 5.74) is -0.0807. The molecule has 0 radical (unpaired) electrons. The van der Waals surface area contributed by atoms with Gasteiger partial charge in [0.25, 0.3) is 5.91 Å². The highest BCUT2D eigenvalue weighted by Gasteiger charge is 2.30. The van der Waals surface area contributed by atoms with Gasteiger partial charge in [0.2, 0.25) is 0 Å². The van der Waals surface area contributed by atoms with Crippen molar-refractivity contribution in [2.75, 3.05) is 13.7 Å². The van der Waals surface area contributed by atoms with Crippen molar-refractivity contribution in [2.45, 2.75) is 12.7 Å². The lowest BCUT2D eigenvalue weighted by molar-refractivity contribution is -0.137. The maximum atomic E-state index is 12.8. The molecule has 0 saturated carbocycles. The van der Waals surface area contributed by atoms with Crippen LogP contribution in [-0.4, -0.2) is 24.2 Å². The molecule has 0 saturated heterocycles. The number of halogens is 3. The number of nitrogens with zero attached hydrogens (tertiary/aromatic N) is 2. The van der Waals surface area contributed by atoms with Gasteiger partial charge in [0, 0.05) is 19.2 Å². The predicted octanol–water partition coefficient (Wildman–Crippen LogP) is 4.11. The summed E-state index contributed by atoms with van der Waals surface area (Å²) in [6.07, 6.45) is -4.51. The molecule has 1 aromatic heterocycles. The van der Waals surface area contributed by atoms with Gasteiger partial charge >= 0.3 is 6.18 Å². The van der Waals surface area contributed by atoms with Gasteiger partial charge in [-0.25, -0.2) is 0 Å². The maximum Gasteiger partial charge on any atom is 0.416 e. The zero-order valence-electron chi connectivity index (χ0n) is 13.8. The maximum absolute atomic E-state index is 12.8. The van der Waals surface area contributed by atoms with Crippen molar-refractivity contribution in [3.63, 3.8) is 0 Å². The molecule has 0 aliphatic rings. The summed E-state index contributed by atoms with van der Waals surface area (Å²) in [7, 11) is 1.57. The topological polar surface area (TPSA) is 43.6 Å². The number of carbonyl (C=O) groups is 1. The number of fused-ring (bicyclic) bond motifs is 1. The Labute approximate surface area is 151 Å². The Balaban J connectivity index is 2.05. The molecule has 0 unspecified atom stereocenters. The fourth-order valence-corrected chi connectivity index (χ4v) is 3.54. The van der Waals surface area contributed by atoms with Gasteiger partial charge in [-0.15, -0.1) is 0 Å². The molecule has 0 bridgehead atoms. The number of benzene rings is 2. The van der Waals surface area contributed by atoms with Crippen molar-refractivity contribution in [3.8, 4) is 0 Å². The zero-order valence-corrected chi connectivity index (χ0v) is 14.6. The molecule has 2 aromatic carbocycles. The van der Waals surface area contributed by atoms with Crippen molar-refractivity contribution < 1.29 is 22.7 Å². The van der Waals surface area contributed by atoms with Gasteiger partial charge in [0.15, 0.2) is 4.80 Å². The monoisotopic (exact) mass is 380 g/mol. The number of hydrogen-bond acceptors (Lipinski definition) is 3. The average Bonchev–Trinajstić information content (AvgIpc) is 2.96. The van der Waals surface area contributed by atoms with Gasteiger partial charge in [-0.05, 0) is 30.3 Å². The Morgan fingerprint density at radius 3 is 2.69 bits per heavy atom. The van der Waals surface area contributed by atoms with E-state index in [4.69, 9.17) is 4.74 Å². The average molecular weight is 380 g/mol. The molecule has 3 aromatic rings. The van der Waals surface area contributed by atoms with Crippen LogP contribution in [0.3, 0.4) is 0 Å². The molecular formula is C18H15F3N2O2S. The standard InChI is InChI=1S/C18H15F3N2O2S/c1-25-10-9-23-14-7-2-3-8-15(14)26-17(23)22-16(24)12-5-4-6-13(11-12)18(19,20)21/h2-8,11H,9-10H2,1H3. The number of aromatic nitrogens is 1. The molecular weight excluding hydrogens is 365 g/mol. The van der Waals surface area contributed by atoms with E-state index in [9.17, 15) is 18.0 Å². The van der Waals surface area contributed by atoms with E-state index < -0.39 is 17.6 Å². The number of rotatable bonds is 4. The zero-order chi connectivity index (χ0) is 18.7. The molecule has 1 heterocycles. The normalized spacial score (nSPS) is 12.7. The Morgan fingerprint density at radius 2 is 1.96 bits per heavy atom. The van der Waals surface area contributed by atoms with Gasteiger partial charge in [0.1, 0.15) is 0 Å². The third kappa shape index (κ3) is 3.86. The van der Waals surface area contributed by atoms with Crippen molar-refractivity contribution in [2.24, 2.45) is 4.99 Å². The Hall–Kier alpha value is -2.45. The van der Waals surface area contributed by atoms with Gasteiger partial charge < -0.3 is 9.30 Å². The highest BCUT2D eigenvalue weighted by atomic mass is 32.1. The number of thiazole rings is 1. The highest BCUT2D eigenvalue weighted by Crippen LogP contribution is 2.29. The second-order valence-corrected chi connectivity index (χ2v) is 6.50. The second kappa shape index (κ2) is 7.43. The van der Waals surface area contributed by atoms with Crippen LogP contribution in [0, 0.1) is 0 Å². The van der Waals surface area contributed by atoms with Gasteiger partial charge in [-0.2, -0.15) is 18.2 Å². The van der Waals surface area contributed by atoms with Crippen LogP contribution >= 0.6 is 11.3 Å². The number of alkyl halides is 3. The number of carbonyl (C=O) groups excluding carboxylic acids is 1. The molecule has 3 rings (SSSR count). The minimum atomic E-state index is -4.51. The summed E-state index contributed by atoms with van der Waals surface area (Å²) in [5, 5.41) is 0. The summed E-state index contributed by atoms with van der Waals surface area (Å²) in [6, 6.07) is 11.8. The molecule has 4 nitrogen and oxygen atoms in total. The van der Waals surface area contributed by atoms with Crippen molar-refractivity contribution in [1.29, 1.82) is 0 Å². The summed E-state index contributed by atoms with van der Waals surface area (Å²) in [5.74, 6) is -0.714. The minimum Gasteiger partial charge on any atom is -0.383 e. The third-order valence-electron chi connectivity index (χ3n) is 3.74. The Kier molecular flexibility index (Phi) is 5.24. The van der Waals surface area contributed by atoms with E-state index in [0.29, 0.717) is 18.0 Å². The molecule has 26 heavy (non-hydrogen) atoms. The quantitative estimate of drug-likeness (QED) is 0.684. The first-order chi connectivity index (χ1) is 12.4. The van der Waals surface area contributed by atoms with E-state index in [1.807, 2.05) is 28.8 Å². The largest absolute Gasteiger partial charge is 0.416 e. The van der Waals surface area contributed by atoms with Gasteiger partial charge in [0.05, 0.1) is 22.4 Å². The second-order valence-electron chi connectivity index (χ2n) is 5.49. The lowest BCUT2D eigenvalue weighted by Crippen LogP contribution is -2.19. The smallest absolute Gasteiger partial charge is 0.383 e. The number of hydrogen-bond donors (Lipinski definition) is 0. The van der Waals surface area contributed by atoms with E-state index in [0.717, 1.165) is 22.3 Å². The molecule has 0 aliphatic heterocycles. The molecule has 0 N–H and O–H groups in total. The van der Waals surface area contributed by atoms with Crippen LogP contribution in [-0.2, 0) is 17.5 Å². The molecule has 0 atom stereocenters. The minimum absolute atomic E-state index is 0.101. The van der Waals surface area contributed by atoms with Gasteiger partial charge in [-0.3, -0.25) is 4.79 Å². The van der Waals surface area contributed by atoms with Gasteiger partial charge in [-0.1, -0.05) is 29.5 Å². The fraction of sp³-hybridized carbons (Fsp3) is 0.222. The molecule has 136 valence electrons. The Morgan fingerprint density at radius 1 is 1.19 bits per heavy atom. The van der Waals surface area contributed by atoms with E-state index >= 15 is 0 Å². The Bertz CT molecular complexity index is 1010. The van der Waals surface area contributed by atoms with Crippen LogP contribution in [0.5, 0.6) is 0 Å². The first-order valence-corrected chi connectivity index (χ1v) is 8.55. The highest BCUT2D eigenvalue weighted by molar-refractivity contribution is 7.16.